The average molecular weight is 618 g/mol. The van der Waals surface area contributed by atoms with Crippen molar-refractivity contribution in [2.24, 2.45) is 0 Å². The second-order valence-corrected chi connectivity index (χ2v) is 12.7. The minimum absolute atomic E-state index is 0.658. The fraction of sp³-hybridized carbons (Fsp3) is 0. The van der Waals surface area contributed by atoms with Crippen molar-refractivity contribution in [3.8, 4) is 56.4 Å². The molecule has 0 amide bonds. The lowest BCUT2D eigenvalue weighted by Gasteiger charge is -2.14. The van der Waals surface area contributed by atoms with Crippen LogP contribution in [0.2, 0.25) is 0 Å². The van der Waals surface area contributed by atoms with E-state index in [1.165, 1.54) is 42.4 Å². The molecule has 4 heteroatoms. The van der Waals surface area contributed by atoms with Crippen LogP contribution < -0.4 is 0 Å². The van der Waals surface area contributed by atoms with E-state index >= 15 is 0 Å². The standard InChI is InChI=1S/C43H27N3S/c1-3-13-28(14-4-1)41-44-42(29-15-5-2-6-16-29)46-43(45-41)36-26-25-32(34-19-7-8-20-35(34)36)30-17-11-18-31(27-30)33-22-12-24-39-40(33)37-21-9-10-23-38(37)47-39/h1-27H. The molecule has 0 saturated carbocycles. The van der Waals surface area contributed by atoms with E-state index < -0.39 is 0 Å². The molecular weight excluding hydrogens is 591 g/mol. The van der Waals surface area contributed by atoms with E-state index in [-0.39, 0.29) is 0 Å². The van der Waals surface area contributed by atoms with Gasteiger partial charge in [0, 0.05) is 36.9 Å². The van der Waals surface area contributed by atoms with E-state index in [1.54, 1.807) is 0 Å². The molecule has 2 aromatic heterocycles. The minimum Gasteiger partial charge on any atom is -0.208 e. The van der Waals surface area contributed by atoms with Gasteiger partial charge in [0.15, 0.2) is 17.5 Å². The fourth-order valence-corrected chi connectivity index (χ4v) is 7.68. The molecule has 0 aliphatic carbocycles. The zero-order valence-corrected chi connectivity index (χ0v) is 26.2. The molecule has 9 rings (SSSR count). The highest BCUT2D eigenvalue weighted by molar-refractivity contribution is 7.25. The van der Waals surface area contributed by atoms with Crippen LogP contribution in [0.25, 0.3) is 87.4 Å². The van der Waals surface area contributed by atoms with Crippen molar-refractivity contribution in [1.82, 2.24) is 15.0 Å². The fourth-order valence-electron chi connectivity index (χ4n) is 6.54. The molecule has 0 radical (unpaired) electrons. The molecular formula is C43H27N3S. The van der Waals surface area contributed by atoms with Gasteiger partial charge in [-0.15, -0.1) is 11.3 Å². The van der Waals surface area contributed by atoms with Gasteiger partial charge in [0.05, 0.1) is 0 Å². The summed E-state index contributed by atoms with van der Waals surface area (Å²) in [6.07, 6.45) is 0. The Kier molecular flexibility index (Phi) is 6.65. The summed E-state index contributed by atoms with van der Waals surface area (Å²) in [5.41, 5.74) is 7.71. The molecule has 2 heterocycles. The molecule has 220 valence electrons. The maximum atomic E-state index is 5.03. The Balaban J connectivity index is 1.21. The number of fused-ring (bicyclic) bond motifs is 4. The topological polar surface area (TPSA) is 38.7 Å². The van der Waals surface area contributed by atoms with E-state index in [1.807, 2.05) is 72.0 Å². The smallest absolute Gasteiger partial charge is 0.164 e. The number of nitrogens with zero attached hydrogens (tertiary/aromatic N) is 3. The average Bonchev–Trinajstić information content (AvgIpc) is 3.54. The third kappa shape index (κ3) is 4.87. The number of thiophene rings is 1. The molecule has 0 saturated heterocycles. The van der Waals surface area contributed by atoms with Gasteiger partial charge in [-0.3, -0.25) is 0 Å². The van der Waals surface area contributed by atoms with Gasteiger partial charge in [0.25, 0.3) is 0 Å². The van der Waals surface area contributed by atoms with Crippen molar-refractivity contribution in [3.05, 3.63) is 164 Å². The van der Waals surface area contributed by atoms with E-state index in [0.717, 1.165) is 27.5 Å². The van der Waals surface area contributed by atoms with Crippen molar-refractivity contribution >= 4 is 42.3 Å². The first kappa shape index (κ1) is 27.3. The Hall–Kier alpha value is -5.97. The maximum Gasteiger partial charge on any atom is 0.164 e. The lowest BCUT2D eigenvalue weighted by atomic mass is 9.92. The first-order chi connectivity index (χ1) is 23.3. The summed E-state index contributed by atoms with van der Waals surface area (Å²) >= 11 is 1.86. The molecule has 3 nitrogen and oxygen atoms in total. The minimum atomic E-state index is 0.658. The first-order valence-corrected chi connectivity index (χ1v) is 16.5. The monoisotopic (exact) mass is 617 g/mol. The van der Waals surface area contributed by atoms with Crippen LogP contribution in [0.3, 0.4) is 0 Å². The highest BCUT2D eigenvalue weighted by Crippen LogP contribution is 2.42. The molecule has 9 aromatic rings. The van der Waals surface area contributed by atoms with Gasteiger partial charge in [0.2, 0.25) is 0 Å². The van der Waals surface area contributed by atoms with E-state index in [4.69, 9.17) is 15.0 Å². The lowest BCUT2D eigenvalue weighted by Crippen LogP contribution is -2.00. The Morgan fingerprint density at radius 2 is 0.809 bits per heavy atom. The second kappa shape index (κ2) is 11.4. The quantitative estimate of drug-likeness (QED) is 0.193. The summed E-state index contributed by atoms with van der Waals surface area (Å²) in [5, 5.41) is 4.89. The summed E-state index contributed by atoms with van der Waals surface area (Å²) in [7, 11) is 0. The highest BCUT2D eigenvalue weighted by atomic mass is 32.1. The van der Waals surface area contributed by atoms with Gasteiger partial charge in [-0.2, -0.15) is 0 Å². The molecule has 0 spiro atoms. The van der Waals surface area contributed by atoms with E-state index in [2.05, 4.69) is 103 Å². The SMILES string of the molecule is c1ccc(-c2nc(-c3ccccc3)nc(-c3ccc(-c4cccc(-c5cccc6sc7ccccc7c56)c4)c4ccccc34)n2)cc1. The van der Waals surface area contributed by atoms with E-state index in [0.29, 0.717) is 17.5 Å². The van der Waals surface area contributed by atoms with Crippen LogP contribution in [-0.4, -0.2) is 15.0 Å². The summed E-state index contributed by atoms with van der Waals surface area (Å²) in [6, 6.07) is 57.5. The Labute approximate surface area is 276 Å². The number of hydrogen-bond donors (Lipinski definition) is 0. The van der Waals surface area contributed by atoms with Crippen molar-refractivity contribution in [2.45, 2.75) is 0 Å². The third-order valence-corrected chi connectivity index (χ3v) is 9.89. The summed E-state index contributed by atoms with van der Waals surface area (Å²) in [6.45, 7) is 0. The molecule has 0 unspecified atom stereocenters. The van der Waals surface area contributed by atoms with Crippen LogP contribution in [-0.2, 0) is 0 Å². The third-order valence-electron chi connectivity index (χ3n) is 8.75. The van der Waals surface area contributed by atoms with Crippen LogP contribution in [0, 0.1) is 0 Å². The van der Waals surface area contributed by atoms with Gasteiger partial charge in [-0.1, -0.05) is 140 Å². The van der Waals surface area contributed by atoms with Crippen LogP contribution in [0.15, 0.2) is 164 Å². The number of hydrogen-bond acceptors (Lipinski definition) is 4. The Bertz CT molecular complexity index is 2510. The largest absolute Gasteiger partial charge is 0.208 e. The van der Waals surface area contributed by atoms with Gasteiger partial charge >= 0.3 is 0 Å². The van der Waals surface area contributed by atoms with Crippen LogP contribution in [0.1, 0.15) is 0 Å². The van der Waals surface area contributed by atoms with Crippen LogP contribution >= 0.6 is 11.3 Å². The Morgan fingerprint density at radius 3 is 1.51 bits per heavy atom. The summed E-state index contributed by atoms with van der Waals surface area (Å²) in [5.74, 6) is 1.97. The molecule has 0 aliphatic rings. The number of benzene rings is 7. The first-order valence-electron chi connectivity index (χ1n) is 15.7. The van der Waals surface area contributed by atoms with Crippen molar-refractivity contribution in [2.75, 3.05) is 0 Å². The van der Waals surface area contributed by atoms with Gasteiger partial charge in [-0.25, -0.2) is 15.0 Å². The van der Waals surface area contributed by atoms with Gasteiger partial charge < -0.3 is 0 Å². The van der Waals surface area contributed by atoms with E-state index in [9.17, 15) is 0 Å². The number of rotatable bonds is 5. The number of aromatic nitrogens is 3. The van der Waals surface area contributed by atoms with Crippen LogP contribution in [0.4, 0.5) is 0 Å². The zero-order valence-electron chi connectivity index (χ0n) is 25.3. The Morgan fingerprint density at radius 1 is 0.319 bits per heavy atom. The normalized spacial score (nSPS) is 11.4. The summed E-state index contributed by atoms with van der Waals surface area (Å²) < 4.78 is 2.63. The molecule has 0 N–H and O–H groups in total. The predicted octanol–water partition coefficient (Wildman–Crippen LogP) is 11.7. The molecule has 0 bridgehead atoms. The van der Waals surface area contributed by atoms with Crippen molar-refractivity contribution in [1.29, 1.82) is 0 Å². The molecule has 0 fully saturated rings. The van der Waals surface area contributed by atoms with Gasteiger partial charge in [0.1, 0.15) is 0 Å². The van der Waals surface area contributed by atoms with Gasteiger partial charge in [-0.05, 0) is 57.3 Å². The molecule has 0 aliphatic heterocycles. The molecule has 47 heavy (non-hydrogen) atoms. The lowest BCUT2D eigenvalue weighted by molar-refractivity contribution is 1.08. The molecule has 7 aromatic carbocycles. The zero-order chi connectivity index (χ0) is 31.2. The van der Waals surface area contributed by atoms with Crippen LogP contribution in [0.5, 0.6) is 0 Å². The predicted molar refractivity (Wildman–Crippen MR) is 197 cm³/mol. The van der Waals surface area contributed by atoms with Crippen molar-refractivity contribution < 1.29 is 0 Å². The second-order valence-electron chi connectivity index (χ2n) is 11.6. The maximum absolute atomic E-state index is 5.03. The highest BCUT2D eigenvalue weighted by Gasteiger charge is 2.17. The molecule has 0 atom stereocenters. The summed E-state index contributed by atoms with van der Waals surface area (Å²) in [4.78, 5) is 15.0. The van der Waals surface area contributed by atoms with Crippen molar-refractivity contribution in [3.63, 3.8) is 0 Å².